The second-order valence-corrected chi connectivity index (χ2v) is 7.84. The van der Waals surface area contributed by atoms with Crippen molar-refractivity contribution in [2.24, 2.45) is 5.92 Å². The fraction of sp³-hybridized carbons (Fsp3) is 0.353. The largest absolute Gasteiger partial charge is 0.332 e. The summed E-state index contributed by atoms with van der Waals surface area (Å²) < 4.78 is 1.73. The molecule has 1 amide bonds. The molecule has 0 atom stereocenters. The number of carbonyl (C=O) groups is 1. The summed E-state index contributed by atoms with van der Waals surface area (Å²) >= 11 is 6.73. The minimum Gasteiger partial charge on any atom is -0.332 e. The third-order valence-corrected chi connectivity index (χ3v) is 4.88. The molecule has 3 aromatic rings. The third-order valence-electron chi connectivity index (χ3n) is 3.73. The molecule has 1 aromatic carbocycles. The smallest absolute Gasteiger partial charge is 0.234 e. The van der Waals surface area contributed by atoms with E-state index in [9.17, 15) is 4.79 Å². The summed E-state index contributed by atoms with van der Waals surface area (Å²) in [6.45, 7) is 7.83. The SMILES string of the molecule is Cc1ccc(-c2nn3c(C)nnc3s2)cc1NC(=S)NC(=O)CC(C)C. The highest BCUT2D eigenvalue weighted by molar-refractivity contribution is 7.80. The Morgan fingerprint density at radius 1 is 1.31 bits per heavy atom. The molecule has 136 valence electrons. The Morgan fingerprint density at radius 2 is 2.08 bits per heavy atom. The van der Waals surface area contributed by atoms with E-state index in [4.69, 9.17) is 12.2 Å². The minimum atomic E-state index is -0.0876. The summed E-state index contributed by atoms with van der Waals surface area (Å²) in [6, 6.07) is 5.96. The van der Waals surface area contributed by atoms with Crippen LogP contribution in [0.25, 0.3) is 15.5 Å². The second-order valence-electron chi connectivity index (χ2n) is 6.48. The molecule has 2 heterocycles. The van der Waals surface area contributed by atoms with Gasteiger partial charge in [-0.3, -0.25) is 4.79 Å². The Morgan fingerprint density at radius 3 is 2.77 bits per heavy atom. The number of aromatic nitrogens is 4. The number of nitrogens with zero attached hydrogens (tertiary/aromatic N) is 4. The van der Waals surface area contributed by atoms with E-state index in [2.05, 4.69) is 25.9 Å². The van der Waals surface area contributed by atoms with E-state index in [1.165, 1.54) is 11.3 Å². The first kappa shape index (κ1) is 18.4. The van der Waals surface area contributed by atoms with Crippen molar-refractivity contribution in [2.45, 2.75) is 34.1 Å². The molecule has 0 fully saturated rings. The van der Waals surface area contributed by atoms with Crippen LogP contribution in [0.2, 0.25) is 0 Å². The summed E-state index contributed by atoms with van der Waals surface area (Å²) in [4.78, 5) is 12.6. The molecule has 0 saturated heterocycles. The van der Waals surface area contributed by atoms with Crippen LogP contribution in [0.4, 0.5) is 5.69 Å². The molecule has 0 aliphatic heterocycles. The Balaban J connectivity index is 1.79. The van der Waals surface area contributed by atoms with Crippen LogP contribution in [-0.4, -0.2) is 30.8 Å². The molecule has 0 unspecified atom stereocenters. The van der Waals surface area contributed by atoms with Crippen LogP contribution in [0.5, 0.6) is 0 Å². The molecule has 0 spiro atoms. The first-order valence-electron chi connectivity index (χ1n) is 8.24. The number of amides is 1. The topological polar surface area (TPSA) is 84.2 Å². The summed E-state index contributed by atoms with van der Waals surface area (Å²) in [7, 11) is 0. The first-order valence-corrected chi connectivity index (χ1v) is 9.46. The van der Waals surface area contributed by atoms with Crippen LogP contribution in [0.1, 0.15) is 31.7 Å². The van der Waals surface area contributed by atoms with Crippen LogP contribution < -0.4 is 10.6 Å². The molecule has 9 heteroatoms. The van der Waals surface area contributed by atoms with Crippen LogP contribution >= 0.6 is 23.6 Å². The average molecular weight is 389 g/mol. The van der Waals surface area contributed by atoms with Gasteiger partial charge in [-0.15, -0.1) is 10.2 Å². The fourth-order valence-corrected chi connectivity index (χ4v) is 3.53. The van der Waals surface area contributed by atoms with E-state index < -0.39 is 0 Å². The second kappa shape index (κ2) is 7.46. The predicted molar refractivity (Wildman–Crippen MR) is 107 cm³/mol. The normalized spacial score (nSPS) is 11.1. The van der Waals surface area contributed by atoms with Gasteiger partial charge < -0.3 is 10.6 Å². The van der Waals surface area contributed by atoms with E-state index in [0.29, 0.717) is 11.5 Å². The molecule has 0 aliphatic carbocycles. The lowest BCUT2D eigenvalue weighted by Gasteiger charge is -2.13. The molecule has 0 saturated carbocycles. The van der Waals surface area contributed by atoms with Crippen LogP contribution in [0.3, 0.4) is 0 Å². The van der Waals surface area contributed by atoms with Crippen molar-refractivity contribution < 1.29 is 4.79 Å². The quantitative estimate of drug-likeness (QED) is 0.667. The maximum absolute atomic E-state index is 11.9. The van der Waals surface area contributed by atoms with Gasteiger partial charge in [0, 0.05) is 17.7 Å². The molecule has 0 bridgehead atoms. The molecule has 2 aromatic heterocycles. The van der Waals surface area contributed by atoms with Crippen LogP contribution in [0.15, 0.2) is 18.2 Å². The lowest BCUT2D eigenvalue weighted by molar-refractivity contribution is -0.120. The first-order chi connectivity index (χ1) is 12.3. The van der Waals surface area contributed by atoms with Crippen LogP contribution in [-0.2, 0) is 4.79 Å². The maximum Gasteiger partial charge on any atom is 0.234 e. The van der Waals surface area contributed by atoms with Gasteiger partial charge in [0.25, 0.3) is 0 Å². The number of anilines is 1. The molecular weight excluding hydrogens is 368 g/mol. The van der Waals surface area contributed by atoms with E-state index in [0.717, 1.165) is 32.6 Å². The average Bonchev–Trinajstić information content (AvgIpc) is 3.11. The summed E-state index contributed by atoms with van der Waals surface area (Å²) in [6.07, 6.45) is 0.438. The van der Waals surface area contributed by atoms with Crippen LogP contribution in [0, 0.1) is 19.8 Å². The Kier molecular flexibility index (Phi) is 5.28. The number of thiocarbonyl (C=S) groups is 1. The number of rotatable bonds is 4. The van der Waals surface area contributed by atoms with E-state index in [-0.39, 0.29) is 11.8 Å². The predicted octanol–water partition coefficient (Wildman–Crippen LogP) is 3.33. The molecule has 26 heavy (non-hydrogen) atoms. The van der Waals surface area contributed by atoms with Gasteiger partial charge >= 0.3 is 0 Å². The van der Waals surface area contributed by atoms with E-state index >= 15 is 0 Å². The molecular formula is C17H20N6OS2. The van der Waals surface area contributed by atoms with Crippen molar-refractivity contribution in [3.8, 4) is 10.6 Å². The molecule has 2 N–H and O–H groups in total. The van der Waals surface area contributed by atoms with Gasteiger partial charge in [0.15, 0.2) is 10.9 Å². The zero-order valence-electron chi connectivity index (χ0n) is 15.0. The molecule has 0 radical (unpaired) electrons. The summed E-state index contributed by atoms with van der Waals surface area (Å²) in [5, 5.41) is 19.6. The monoisotopic (exact) mass is 388 g/mol. The number of hydrogen-bond acceptors (Lipinski definition) is 6. The van der Waals surface area contributed by atoms with Gasteiger partial charge in [0.2, 0.25) is 10.9 Å². The van der Waals surface area contributed by atoms with Gasteiger partial charge in [0.05, 0.1) is 0 Å². The fourth-order valence-electron chi connectivity index (χ4n) is 2.42. The van der Waals surface area contributed by atoms with Crippen molar-refractivity contribution in [1.82, 2.24) is 25.1 Å². The van der Waals surface area contributed by atoms with Gasteiger partial charge in [-0.1, -0.05) is 37.3 Å². The maximum atomic E-state index is 11.9. The number of benzene rings is 1. The van der Waals surface area contributed by atoms with Gasteiger partial charge in [-0.2, -0.15) is 9.61 Å². The summed E-state index contributed by atoms with van der Waals surface area (Å²) in [5.74, 6) is 0.946. The summed E-state index contributed by atoms with van der Waals surface area (Å²) in [5.41, 5.74) is 2.80. The van der Waals surface area contributed by atoms with Gasteiger partial charge in [0.1, 0.15) is 5.01 Å². The molecule has 0 aliphatic rings. The minimum absolute atomic E-state index is 0.0876. The van der Waals surface area contributed by atoms with Crippen molar-refractivity contribution in [1.29, 1.82) is 0 Å². The number of hydrogen-bond donors (Lipinski definition) is 2. The van der Waals surface area contributed by atoms with Gasteiger partial charge in [-0.05, 0) is 43.6 Å². The Hall–Kier alpha value is -2.39. The highest BCUT2D eigenvalue weighted by atomic mass is 32.1. The zero-order valence-corrected chi connectivity index (χ0v) is 16.7. The molecule has 3 rings (SSSR count). The van der Waals surface area contributed by atoms with Crippen molar-refractivity contribution in [3.63, 3.8) is 0 Å². The number of nitrogens with one attached hydrogen (secondary N) is 2. The number of carbonyl (C=O) groups excluding carboxylic acids is 1. The highest BCUT2D eigenvalue weighted by Crippen LogP contribution is 2.29. The van der Waals surface area contributed by atoms with E-state index in [1.54, 1.807) is 4.52 Å². The zero-order chi connectivity index (χ0) is 18.8. The number of aryl methyl sites for hydroxylation is 2. The molecule has 7 nitrogen and oxygen atoms in total. The van der Waals surface area contributed by atoms with Crippen molar-refractivity contribution >= 4 is 45.2 Å². The van der Waals surface area contributed by atoms with E-state index in [1.807, 2.05) is 45.9 Å². The standard InChI is InChI=1S/C17H20N6OS2/c1-9(2)7-14(24)19-16(25)18-13-8-12(6-5-10(13)3)15-22-23-11(4)20-21-17(23)26-15/h5-6,8-9H,7H2,1-4H3,(H2,18,19,24,25). The Labute approximate surface area is 160 Å². The lowest BCUT2D eigenvalue weighted by Crippen LogP contribution is -2.34. The lowest BCUT2D eigenvalue weighted by atomic mass is 10.1. The highest BCUT2D eigenvalue weighted by Gasteiger charge is 2.13. The number of fused-ring (bicyclic) bond motifs is 1. The van der Waals surface area contributed by atoms with Crippen molar-refractivity contribution in [2.75, 3.05) is 5.32 Å². The Bertz CT molecular complexity index is 975. The third kappa shape index (κ3) is 4.05. The van der Waals surface area contributed by atoms with Gasteiger partial charge in [-0.25, -0.2) is 0 Å². The van der Waals surface area contributed by atoms with Crippen molar-refractivity contribution in [3.05, 3.63) is 29.6 Å².